The van der Waals surface area contributed by atoms with Gasteiger partial charge in [-0.05, 0) is 24.3 Å². The van der Waals surface area contributed by atoms with Gasteiger partial charge in [0.2, 0.25) is 0 Å². The van der Waals surface area contributed by atoms with Gasteiger partial charge < -0.3 is 5.11 Å². The molecule has 0 radical (unpaired) electrons. The molecular formula is C12H18O3. The van der Waals surface area contributed by atoms with E-state index < -0.39 is 5.97 Å². The van der Waals surface area contributed by atoms with Crippen molar-refractivity contribution in [3.05, 3.63) is 11.6 Å². The summed E-state index contributed by atoms with van der Waals surface area (Å²) in [6.07, 6.45) is 3.13. The molecule has 15 heavy (non-hydrogen) atoms. The Kier molecular flexibility index (Phi) is 3.32. The third-order valence-electron chi connectivity index (χ3n) is 2.87. The molecule has 1 aliphatic rings. The van der Waals surface area contributed by atoms with Crippen LogP contribution in [0.2, 0.25) is 0 Å². The maximum Gasteiger partial charge on any atom is 0.304 e. The van der Waals surface area contributed by atoms with Crippen LogP contribution in [0.1, 0.15) is 40.0 Å². The fourth-order valence-corrected chi connectivity index (χ4v) is 1.84. The van der Waals surface area contributed by atoms with Crippen molar-refractivity contribution in [2.45, 2.75) is 40.0 Å². The molecule has 1 rings (SSSR count). The van der Waals surface area contributed by atoms with E-state index in [9.17, 15) is 9.59 Å². The van der Waals surface area contributed by atoms with Crippen LogP contribution in [0.25, 0.3) is 0 Å². The molecule has 0 amide bonds. The van der Waals surface area contributed by atoms with E-state index in [0.29, 0.717) is 6.42 Å². The lowest BCUT2D eigenvalue weighted by atomic mass is 9.76. The van der Waals surface area contributed by atoms with Gasteiger partial charge in [0, 0.05) is 5.92 Å². The molecule has 1 N–H and O–H groups in total. The minimum absolute atomic E-state index is 0.0177. The number of carbonyl (C=O) groups is 2. The van der Waals surface area contributed by atoms with Crippen LogP contribution in [0.15, 0.2) is 11.6 Å². The van der Waals surface area contributed by atoms with Crippen molar-refractivity contribution in [2.24, 2.45) is 11.3 Å². The van der Waals surface area contributed by atoms with Gasteiger partial charge in [-0.3, -0.25) is 9.59 Å². The fourth-order valence-electron chi connectivity index (χ4n) is 1.84. The minimum Gasteiger partial charge on any atom is -0.481 e. The van der Waals surface area contributed by atoms with Crippen LogP contribution >= 0.6 is 0 Å². The van der Waals surface area contributed by atoms with E-state index >= 15 is 0 Å². The van der Waals surface area contributed by atoms with E-state index in [-0.39, 0.29) is 23.5 Å². The molecule has 0 spiro atoms. The van der Waals surface area contributed by atoms with Crippen molar-refractivity contribution in [3.8, 4) is 0 Å². The maximum absolute atomic E-state index is 11.6. The SMILES string of the molecule is CC(C)(C)C1=CC(=O)C(CC(=O)O)CC1. The molecule has 3 nitrogen and oxygen atoms in total. The molecule has 0 saturated heterocycles. The summed E-state index contributed by atoms with van der Waals surface area (Å²) >= 11 is 0. The van der Waals surface area contributed by atoms with E-state index in [0.717, 1.165) is 12.0 Å². The molecule has 1 atom stereocenters. The van der Waals surface area contributed by atoms with Crippen molar-refractivity contribution >= 4 is 11.8 Å². The van der Waals surface area contributed by atoms with E-state index in [1.165, 1.54) is 0 Å². The van der Waals surface area contributed by atoms with Gasteiger partial charge in [-0.15, -0.1) is 0 Å². The lowest BCUT2D eigenvalue weighted by Crippen LogP contribution is -2.24. The molecule has 0 aromatic heterocycles. The zero-order chi connectivity index (χ0) is 11.6. The van der Waals surface area contributed by atoms with Gasteiger partial charge in [-0.1, -0.05) is 26.3 Å². The van der Waals surface area contributed by atoms with Gasteiger partial charge in [-0.2, -0.15) is 0 Å². The van der Waals surface area contributed by atoms with Crippen molar-refractivity contribution in [1.82, 2.24) is 0 Å². The summed E-state index contributed by atoms with van der Waals surface area (Å²) in [6, 6.07) is 0. The highest BCUT2D eigenvalue weighted by atomic mass is 16.4. The van der Waals surface area contributed by atoms with Crippen molar-refractivity contribution in [1.29, 1.82) is 0 Å². The van der Waals surface area contributed by atoms with Crippen LogP contribution in [0.4, 0.5) is 0 Å². The molecule has 1 aliphatic carbocycles. The van der Waals surface area contributed by atoms with Gasteiger partial charge >= 0.3 is 5.97 Å². The Morgan fingerprint density at radius 2 is 2.13 bits per heavy atom. The molecule has 0 aliphatic heterocycles. The molecular weight excluding hydrogens is 192 g/mol. The minimum atomic E-state index is -0.888. The number of allylic oxidation sites excluding steroid dienone is 2. The number of carboxylic acid groups (broad SMARTS) is 1. The topological polar surface area (TPSA) is 54.4 Å². The number of hydrogen-bond acceptors (Lipinski definition) is 2. The second-order valence-corrected chi connectivity index (χ2v) is 5.16. The Balaban J connectivity index is 2.74. The number of carbonyl (C=O) groups excluding carboxylic acids is 1. The van der Waals surface area contributed by atoms with Crippen LogP contribution in [-0.4, -0.2) is 16.9 Å². The largest absolute Gasteiger partial charge is 0.481 e. The Bertz CT molecular complexity index is 307. The maximum atomic E-state index is 11.6. The molecule has 0 heterocycles. The monoisotopic (exact) mass is 210 g/mol. The summed E-state index contributed by atoms with van der Waals surface area (Å²) in [7, 11) is 0. The Hall–Kier alpha value is -1.12. The molecule has 1 unspecified atom stereocenters. The van der Waals surface area contributed by atoms with E-state index in [1.54, 1.807) is 6.08 Å². The van der Waals surface area contributed by atoms with Crippen LogP contribution in [0, 0.1) is 11.3 Å². The summed E-state index contributed by atoms with van der Waals surface area (Å²) in [5.74, 6) is -1.22. The Morgan fingerprint density at radius 1 is 1.53 bits per heavy atom. The predicted octanol–water partition coefficient (Wildman–Crippen LogP) is 2.41. The first-order valence-electron chi connectivity index (χ1n) is 5.27. The number of hydrogen-bond donors (Lipinski definition) is 1. The highest BCUT2D eigenvalue weighted by molar-refractivity contribution is 5.95. The molecule has 0 aromatic rings. The van der Waals surface area contributed by atoms with E-state index in [1.807, 2.05) is 0 Å². The van der Waals surface area contributed by atoms with Gasteiger partial charge in [0.15, 0.2) is 5.78 Å². The van der Waals surface area contributed by atoms with E-state index in [2.05, 4.69) is 20.8 Å². The first kappa shape index (κ1) is 12.0. The van der Waals surface area contributed by atoms with Crippen molar-refractivity contribution < 1.29 is 14.7 Å². The molecule has 3 heteroatoms. The number of carboxylic acids is 1. The summed E-state index contributed by atoms with van der Waals surface area (Å²) in [5, 5.41) is 8.64. The number of rotatable bonds is 2. The molecule has 0 fully saturated rings. The third-order valence-corrected chi connectivity index (χ3v) is 2.87. The van der Waals surface area contributed by atoms with Gasteiger partial charge in [0.25, 0.3) is 0 Å². The summed E-state index contributed by atoms with van der Waals surface area (Å²) in [5.41, 5.74) is 1.15. The Morgan fingerprint density at radius 3 is 2.53 bits per heavy atom. The number of ketones is 1. The summed E-state index contributed by atoms with van der Waals surface area (Å²) in [4.78, 5) is 22.2. The standard InChI is InChI=1S/C12H18O3/c1-12(2,3)9-5-4-8(6-11(14)15)10(13)7-9/h7-8H,4-6H2,1-3H3,(H,14,15). The molecule has 0 saturated carbocycles. The van der Waals surface area contributed by atoms with Crippen LogP contribution < -0.4 is 0 Å². The molecule has 84 valence electrons. The van der Waals surface area contributed by atoms with Crippen LogP contribution in [0.3, 0.4) is 0 Å². The first-order valence-corrected chi connectivity index (χ1v) is 5.27. The normalized spacial score (nSPS) is 22.5. The first-order chi connectivity index (χ1) is 6.80. The second-order valence-electron chi connectivity index (χ2n) is 5.16. The second kappa shape index (κ2) is 4.17. The van der Waals surface area contributed by atoms with Crippen molar-refractivity contribution in [2.75, 3.05) is 0 Å². The predicted molar refractivity (Wildman–Crippen MR) is 57.5 cm³/mol. The van der Waals surface area contributed by atoms with Gasteiger partial charge in [0.1, 0.15) is 0 Å². The Labute approximate surface area is 90.2 Å². The lowest BCUT2D eigenvalue weighted by molar-refractivity contribution is -0.140. The van der Waals surface area contributed by atoms with Gasteiger partial charge in [0.05, 0.1) is 6.42 Å². The van der Waals surface area contributed by atoms with Gasteiger partial charge in [-0.25, -0.2) is 0 Å². The number of aliphatic carboxylic acids is 1. The third kappa shape index (κ3) is 3.18. The van der Waals surface area contributed by atoms with Crippen LogP contribution in [0.5, 0.6) is 0 Å². The van der Waals surface area contributed by atoms with Crippen LogP contribution in [-0.2, 0) is 9.59 Å². The highest BCUT2D eigenvalue weighted by Crippen LogP contribution is 2.34. The molecule has 0 bridgehead atoms. The smallest absolute Gasteiger partial charge is 0.304 e. The quantitative estimate of drug-likeness (QED) is 0.761. The summed E-state index contributed by atoms with van der Waals surface area (Å²) < 4.78 is 0. The highest BCUT2D eigenvalue weighted by Gasteiger charge is 2.28. The average Bonchev–Trinajstić information content (AvgIpc) is 2.05. The van der Waals surface area contributed by atoms with Crippen molar-refractivity contribution in [3.63, 3.8) is 0 Å². The lowest BCUT2D eigenvalue weighted by Gasteiger charge is -2.28. The average molecular weight is 210 g/mol. The summed E-state index contributed by atoms with van der Waals surface area (Å²) in [6.45, 7) is 6.22. The van der Waals surface area contributed by atoms with E-state index in [4.69, 9.17) is 5.11 Å². The fraction of sp³-hybridized carbons (Fsp3) is 0.667. The zero-order valence-corrected chi connectivity index (χ0v) is 9.54. The molecule has 0 aromatic carbocycles. The zero-order valence-electron chi connectivity index (χ0n) is 9.54.